The summed E-state index contributed by atoms with van der Waals surface area (Å²) >= 11 is 2.66. The number of hydrogen-bond acceptors (Lipinski definition) is 6. The van der Waals surface area contributed by atoms with Crippen molar-refractivity contribution in [1.29, 1.82) is 0 Å². The van der Waals surface area contributed by atoms with Gasteiger partial charge >= 0.3 is 0 Å². The van der Waals surface area contributed by atoms with Gasteiger partial charge in [-0.2, -0.15) is 0 Å². The van der Waals surface area contributed by atoms with Gasteiger partial charge in [-0.3, -0.25) is 14.9 Å². The number of nitrogens with zero attached hydrogens (tertiary/aromatic N) is 3. The summed E-state index contributed by atoms with van der Waals surface area (Å²) in [5, 5.41) is 3.95. The molecule has 1 N–H and O–H groups in total. The molecule has 1 amide bonds. The molecule has 0 saturated carbocycles. The van der Waals surface area contributed by atoms with Gasteiger partial charge in [0.05, 0.1) is 27.2 Å². The van der Waals surface area contributed by atoms with Gasteiger partial charge < -0.3 is 4.57 Å². The first-order chi connectivity index (χ1) is 16.3. The monoisotopic (exact) mass is 486 g/mol. The highest BCUT2D eigenvalue weighted by atomic mass is 32.1. The minimum Gasteiger partial charge on any atom is -0.302 e. The number of anilines is 1. The fraction of sp³-hybridized carbons (Fsp3) is 0.154. The third-order valence-corrected chi connectivity index (χ3v) is 7.92. The molecule has 0 unspecified atom stereocenters. The Morgan fingerprint density at radius 2 is 1.53 bits per heavy atom. The second-order valence-corrected chi connectivity index (χ2v) is 10.3. The molecule has 5 rings (SSSR count). The molecule has 3 heterocycles. The number of aromatic nitrogens is 3. The van der Waals surface area contributed by atoms with Gasteiger partial charge in [0.2, 0.25) is 0 Å². The lowest BCUT2D eigenvalue weighted by atomic mass is 10.0. The first-order valence-electron chi connectivity index (χ1n) is 10.7. The lowest BCUT2D eigenvalue weighted by molar-refractivity contribution is 0.103. The number of amides is 1. The van der Waals surface area contributed by atoms with Crippen LogP contribution in [0.4, 0.5) is 5.13 Å². The van der Waals surface area contributed by atoms with Crippen LogP contribution in [-0.4, -0.2) is 20.4 Å². The summed E-state index contributed by atoms with van der Waals surface area (Å²) in [6.45, 7) is 5.89. The molecule has 0 saturated heterocycles. The highest BCUT2D eigenvalue weighted by Gasteiger charge is 2.22. The maximum Gasteiger partial charge on any atom is 0.267 e. The summed E-state index contributed by atoms with van der Waals surface area (Å²) in [5.74, 6) is -0.290. The lowest BCUT2D eigenvalue weighted by Crippen LogP contribution is -2.17. The maximum atomic E-state index is 13.2. The fourth-order valence-electron chi connectivity index (χ4n) is 3.76. The van der Waals surface area contributed by atoms with Crippen molar-refractivity contribution in [3.63, 3.8) is 0 Å². The average Bonchev–Trinajstić information content (AvgIpc) is 3.39. The van der Waals surface area contributed by atoms with E-state index in [1.807, 2.05) is 19.1 Å². The summed E-state index contributed by atoms with van der Waals surface area (Å²) in [6.07, 6.45) is 1.48. The zero-order chi connectivity index (χ0) is 24.0. The van der Waals surface area contributed by atoms with E-state index in [2.05, 4.69) is 53.6 Å². The van der Waals surface area contributed by atoms with Crippen LogP contribution in [0.25, 0.3) is 31.9 Å². The minimum absolute atomic E-state index is 0.157. The molecule has 2 aromatic carbocycles. The van der Waals surface area contributed by atoms with Gasteiger partial charge in [-0.1, -0.05) is 71.0 Å². The molecule has 0 aliphatic heterocycles. The van der Waals surface area contributed by atoms with Gasteiger partial charge in [-0.15, -0.1) is 11.3 Å². The van der Waals surface area contributed by atoms with Crippen LogP contribution in [0.15, 0.2) is 59.7 Å². The second kappa shape index (κ2) is 8.62. The number of thiazole rings is 1. The summed E-state index contributed by atoms with van der Waals surface area (Å²) in [7, 11) is 1.65. The van der Waals surface area contributed by atoms with E-state index in [1.54, 1.807) is 14.0 Å². The number of benzene rings is 2. The Bertz CT molecular complexity index is 1530. The van der Waals surface area contributed by atoms with Crippen molar-refractivity contribution in [2.45, 2.75) is 20.8 Å². The standard InChI is InChI=1S/C26H22N4O2S2/c1-14-5-9-17(10-6-14)20-22(18-11-7-15(2)8-12-18)34-26(28-20)29-23(31)21-16(3)19-24(33-21)27-13-30(4)25(19)32/h5-13H,1-4H3,(H,28,29,31). The Hall–Kier alpha value is -3.62. The molecule has 5 aromatic rings. The lowest BCUT2D eigenvalue weighted by Gasteiger charge is -2.04. The highest BCUT2D eigenvalue weighted by molar-refractivity contribution is 7.21. The van der Waals surface area contributed by atoms with E-state index in [-0.39, 0.29) is 11.5 Å². The van der Waals surface area contributed by atoms with E-state index >= 15 is 0 Å². The first-order valence-corrected chi connectivity index (χ1v) is 12.4. The quantitative estimate of drug-likeness (QED) is 0.340. The molecule has 0 aliphatic carbocycles. The van der Waals surface area contributed by atoms with E-state index in [9.17, 15) is 9.59 Å². The Kier molecular flexibility index (Phi) is 5.63. The minimum atomic E-state index is -0.290. The predicted octanol–water partition coefficient (Wildman–Crippen LogP) is 5.96. The summed E-state index contributed by atoms with van der Waals surface area (Å²) in [6, 6.07) is 16.5. The summed E-state index contributed by atoms with van der Waals surface area (Å²) in [4.78, 5) is 36.9. The number of rotatable bonds is 4. The Morgan fingerprint density at radius 3 is 2.18 bits per heavy atom. The third-order valence-electron chi connectivity index (χ3n) is 5.70. The number of carbonyl (C=O) groups excluding carboxylic acids is 1. The molecular weight excluding hydrogens is 464 g/mol. The third kappa shape index (κ3) is 3.95. The molecule has 34 heavy (non-hydrogen) atoms. The Balaban J connectivity index is 1.55. The molecule has 8 heteroatoms. The van der Waals surface area contributed by atoms with Crippen LogP contribution in [0.5, 0.6) is 0 Å². The van der Waals surface area contributed by atoms with Gasteiger partial charge in [-0.25, -0.2) is 9.97 Å². The van der Waals surface area contributed by atoms with E-state index < -0.39 is 0 Å². The number of thiophene rings is 1. The normalized spacial score (nSPS) is 11.2. The molecule has 3 aromatic heterocycles. The molecular formula is C26H22N4O2S2. The second-order valence-electron chi connectivity index (χ2n) is 8.28. The van der Waals surface area contributed by atoms with Crippen molar-refractivity contribution in [2.75, 3.05) is 5.32 Å². The van der Waals surface area contributed by atoms with Gasteiger partial charge in [0.15, 0.2) is 5.13 Å². The van der Waals surface area contributed by atoms with Crippen molar-refractivity contribution >= 4 is 43.9 Å². The number of carbonyl (C=O) groups is 1. The van der Waals surface area contributed by atoms with E-state index in [0.29, 0.717) is 25.8 Å². The van der Waals surface area contributed by atoms with Gasteiger partial charge in [0, 0.05) is 12.6 Å². The summed E-state index contributed by atoms with van der Waals surface area (Å²) < 4.78 is 1.42. The topological polar surface area (TPSA) is 76.9 Å². The fourth-order valence-corrected chi connectivity index (χ4v) is 5.78. The number of hydrogen-bond donors (Lipinski definition) is 1. The van der Waals surface area contributed by atoms with Crippen molar-refractivity contribution in [1.82, 2.24) is 14.5 Å². The maximum absolute atomic E-state index is 13.2. The number of fused-ring (bicyclic) bond motifs is 1. The van der Waals surface area contributed by atoms with Crippen LogP contribution < -0.4 is 10.9 Å². The van der Waals surface area contributed by atoms with Crippen LogP contribution in [0, 0.1) is 20.8 Å². The molecule has 170 valence electrons. The zero-order valence-electron chi connectivity index (χ0n) is 19.2. The molecule has 0 bridgehead atoms. The van der Waals surface area contributed by atoms with E-state index in [1.165, 1.54) is 44.7 Å². The van der Waals surface area contributed by atoms with Gasteiger partial charge in [0.25, 0.3) is 11.5 Å². The van der Waals surface area contributed by atoms with Crippen LogP contribution in [0.1, 0.15) is 26.4 Å². The smallest absolute Gasteiger partial charge is 0.267 e. The molecule has 0 fully saturated rings. The van der Waals surface area contributed by atoms with Crippen LogP contribution in [0.2, 0.25) is 0 Å². The highest BCUT2D eigenvalue weighted by Crippen LogP contribution is 2.39. The van der Waals surface area contributed by atoms with E-state index in [4.69, 9.17) is 4.98 Å². The molecule has 0 radical (unpaired) electrons. The molecule has 0 aliphatic rings. The molecule has 0 spiro atoms. The molecule has 0 atom stereocenters. The van der Waals surface area contributed by atoms with Crippen LogP contribution in [0.3, 0.4) is 0 Å². The SMILES string of the molecule is Cc1ccc(-c2nc(NC(=O)c3sc4ncn(C)c(=O)c4c3C)sc2-c2ccc(C)cc2)cc1. The van der Waals surface area contributed by atoms with Crippen LogP contribution >= 0.6 is 22.7 Å². The largest absolute Gasteiger partial charge is 0.302 e. The summed E-state index contributed by atoms with van der Waals surface area (Å²) in [5.41, 5.74) is 5.69. The Labute approximate surface area is 204 Å². The van der Waals surface area contributed by atoms with Gasteiger partial charge in [0.1, 0.15) is 4.83 Å². The first kappa shape index (κ1) is 22.2. The zero-order valence-corrected chi connectivity index (χ0v) is 20.8. The number of nitrogens with one attached hydrogen (secondary N) is 1. The van der Waals surface area contributed by atoms with Crippen molar-refractivity contribution in [2.24, 2.45) is 7.05 Å². The van der Waals surface area contributed by atoms with Gasteiger partial charge in [-0.05, 0) is 31.9 Å². The number of aryl methyl sites for hydroxylation is 4. The van der Waals surface area contributed by atoms with Crippen LogP contribution in [-0.2, 0) is 7.05 Å². The van der Waals surface area contributed by atoms with E-state index in [0.717, 1.165) is 21.7 Å². The predicted molar refractivity (Wildman–Crippen MR) is 140 cm³/mol. The van der Waals surface area contributed by atoms with Crippen molar-refractivity contribution in [3.05, 3.63) is 86.8 Å². The average molecular weight is 487 g/mol. The van der Waals surface area contributed by atoms with Crippen molar-refractivity contribution in [3.8, 4) is 21.7 Å². The van der Waals surface area contributed by atoms with Crippen molar-refractivity contribution < 1.29 is 4.79 Å². The Morgan fingerprint density at radius 1 is 0.912 bits per heavy atom. The molecule has 6 nitrogen and oxygen atoms in total.